The SMILES string of the molecule is CNc1ncc2cc(-c3cc(NC(=O)Nc4cc(C(C)C)nn4-c4ccc(F)cc4)c(F)cc3C)c(=O)n(C(C)C)c2n1. The van der Waals surface area contributed by atoms with E-state index in [1.54, 1.807) is 49.0 Å². The van der Waals surface area contributed by atoms with Gasteiger partial charge >= 0.3 is 6.03 Å². The zero-order valence-electron chi connectivity index (χ0n) is 24.7. The molecule has 2 amide bonds. The van der Waals surface area contributed by atoms with Crippen molar-refractivity contribution in [3.8, 4) is 16.8 Å². The molecule has 0 aliphatic heterocycles. The van der Waals surface area contributed by atoms with E-state index >= 15 is 4.39 Å². The topological polar surface area (TPSA) is 119 Å². The first-order valence-electron chi connectivity index (χ1n) is 13.8. The molecule has 0 bridgehead atoms. The van der Waals surface area contributed by atoms with Crippen molar-refractivity contribution in [2.75, 3.05) is 23.0 Å². The summed E-state index contributed by atoms with van der Waals surface area (Å²) in [6.45, 7) is 9.36. The Morgan fingerprint density at radius 2 is 1.67 bits per heavy atom. The molecular weight excluding hydrogens is 554 g/mol. The number of pyridine rings is 1. The summed E-state index contributed by atoms with van der Waals surface area (Å²) in [7, 11) is 1.69. The van der Waals surface area contributed by atoms with Gasteiger partial charge in [-0.1, -0.05) is 13.8 Å². The summed E-state index contributed by atoms with van der Waals surface area (Å²) in [5, 5.41) is 13.3. The Bertz CT molecular complexity index is 1900. The smallest absolute Gasteiger partial charge is 0.324 e. The quantitative estimate of drug-likeness (QED) is 0.197. The van der Waals surface area contributed by atoms with Gasteiger partial charge in [-0.25, -0.2) is 23.2 Å². The molecule has 0 unspecified atom stereocenters. The number of aromatic nitrogens is 5. The molecule has 2 aromatic carbocycles. The van der Waals surface area contributed by atoms with Crippen molar-refractivity contribution in [2.45, 2.75) is 46.6 Å². The summed E-state index contributed by atoms with van der Waals surface area (Å²) >= 11 is 0. The molecular formula is C31H32F2N8O2. The van der Waals surface area contributed by atoms with Crippen molar-refractivity contribution >= 4 is 34.5 Å². The molecule has 0 aliphatic rings. The number of rotatable bonds is 7. The van der Waals surface area contributed by atoms with Crippen LogP contribution in [0.4, 0.5) is 31.0 Å². The summed E-state index contributed by atoms with van der Waals surface area (Å²) in [4.78, 5) is 35.7. The summed E-state index contributed by atoms with van der Waals surface area (Å²) in [5.41, 5.74) is 2.57. The van der Waals surface area contributed by atoms with Gasteiger partial charge in [0.2, 0.25) is 5.95 Å². The monoisotopic (exact) mass is 586 g/mol. The summed E-state index contributed by atoms with van der Waals surface area (Å²) < 4.78 is 31.8. The summed E-state index contributed by atoms with van der Waals surface area (Å²) in [6, 6.07) is 10.8. The number of benzene rings is 2. The van der Waals surface area contributed by atoms with Crippen LogP contribution in [0.25, 0.3) is 27.8 Å². The molecule has 0 spiro atoms. The number of carbonyl (C=O) groups is 1. The number of urea groups is 1. The second-order valence-corrected chi connectivity index (χ2v) is 10.8. The van der Waals surface area contributed by atoms with Crippen molar-refractivity contribution in [3.63, 3.8) is 0 Å². The van der Waals surface area contributed by atoms with Crippen LogP contribution in [0.3, 0.4) is 0 Å². The van der Waals surface area contributed by atoms with Crippen LogP contribution in [0.2, 0.25) is 0 Å². The van der Waals surface area contributed by atoms with Crippen LogP contribution >= 0.6 is 0 Å². The lowest BCUT2D eigenvalue weighted by Gasteiger charge is -2.17. The standard InChI is InChI=1S/C31H32F2N8O2/c1-16(2)25-14-27(41(39-25)21-9-7-20(32)8-10-21)37-31(43)36-26-13-22(18(5)11-24(26)33)23-12-19-15-35-30(34-6)38-28(19)40(17(3)4)29(23)42/h7-17H,1-6H3,(H,34,35,38)(H2,36,37,43). The minimum Gasteiger partial charge on any atom is -0.357 e. The van der Waals surface area contributed by atoms with Gasteiger partial charge in [-0.15, -0.1) is 0 Å². The predicted molar refractivity (Wildman–Crippen MR) is 164 cm³/mol. The first-order valence-corrected chi connectivity index (χ1v) is 13.8. The number of hydrogen-bond acceptors (Lipinski definition) is 6. The number of nitrogens with one attached hydrogen (secondary N) is 3. The Kier molecular flexibility index (Phi) is 7.94. The average Bonchev–Trinajstić information content (AvgIpc) is 3.38. The van der Waals surface area contributed by atoms with Crippen molar-refractivity contribution in [1.82, 2.24) is 24.3 Å². The van der Waals surface area contributed by atoms with Gasteiger partial charge in [0, 0.05) is 36.3 Å². The van der Waals surface area contributed by atoms with Crippen LogP contribution in [-0.4, -0.2) is 37.4 Å². The van der Waals surface area contributed by atoms with E-state index in [1.165, 1.54) is 28.9 Å². The molecule has 222 valence electrons. The third-order valence-corrected chi connectivity index (χ3v) is 7.00. The number of anilines is 3. The molecule has 0 atom stereocenters. The normalized spacial score (nSPS) is 11.4. The highest BCUT2D eigenvalue weighted by molar-refractivity contribution is 6.00. The maximum atomic E-state index is 15.2. The molecule has 3 aromatic heterocycles. The maximum Gasteiger partial charge on any atom is 0.324 e. The number of amides is 2. The first kappa shape index (κ1) is 29.4. The molecule has 3 N–H and O–H groups in total. The van der Waals surface area contributed by atoms with Crippen LogP contribution in [0.5, 0.6) is 0 Å². The van der Waals surface area contributed by atoms with Crippen molar-refractivity contribution in [2.24, 2.45) is 0 Å². The van der Waals surface area contributed by atoms with Gasteiger partial charge in [0.1, 0.15) is 23.1 Å². The fraction of sp³-hybridized carbons (Fsp3) is 0.258. The van der Waals surface area contributed by atoms with Gasteiger partial charge in [0.15, 0.2) is 0 Å². The number of halogens is 2. The van der Waals surface area contributed by atoms with Gasteiger partial charge in [0.05, 0.1) is 17.1 Å². The zero-order valence-corrected chi connectivity index (χ0v) is 24.7. The molecule has 5 rings (SSSR count). The van der Waals surface area contributed by atoms with E-state index in [9.17, 15) is 14.0 Å². The number of carbonyl (C=O) groups excluding carboxylic acids is 1. The molecule has 43 heavy (non-hydrogen) atoms. The minimum absolute atomic E-state index is 0.0504. The fourth-order valence-electron chi connectivity index (χ4n) is 4.79. The van der Waals surface area contributed by atoms with Gasteiger partial charge in [0.25, 0.3) is 5.56 Å². The van der Waals surface area contributed by atoms with Crippen LogP contribution in [-0.2, 0) is 0 Å². The Labute approximate surface area is 246 Å². The highest BCUT2D eigenvalue weighted by atomic mass is 19.1. The molecule has 12 heteroatoms. The minimum atomic E-state index is -0.724. The number of nitrogens with zero attached hydrogens (tertiary/aromatic N) is 5. The molecule has 0 saturated carbocycles. The Hall–Kier alpha value is -5.13. The van der Waals surface area contributed by atoms with E-state index in [0.717, 1.165) is 0 Å². The Morgan fingerprint density at radius 3 is 2.33 bits per heavy atom. The second kappa shape index (κ2) is 11.6. The molecule has 5 aromatic rings. The van der Waals surface area contributed by atoms with Gasteiger partial charge in [-0.3, -0.25) is 14.7 Å². The van der Waals surface area contributed by atoms with Gasteiger partial charge < -0.3 is 10.6 Å². The van der Waals surface area contributed by atoms with Crippen LogP contribution in [0.15, 0.2) is 59.5 Å². The van der Waals surface area contributed by atoms with E-state index in [-0.39, 0.29) is 23.2 Å². The number of aryl methyl sites for hydroxylation is 1. The predicted octanol–water partition coefficient (Wildman–Crippen LogP) is 6.62. The van der Waals surface area contributed by atoms with E-state index in [2.05, 4.69) is 31.0 Å². The van der Waals surface area contributed by atoms with Crippen molar-refractivity contribution in [3.05, 3.63) is 88.0 Å². The summed E-state index contributed by atoms with van der Waals surface area (Å²) in [6.07, 6.45) is 1.62. The van der Waals surface area contributed by atoms with Gasteiger partial charge in [-0.05, 0) is 80.3 Å². The lowest BCUT2D eigenvalue weighted by molar-refractivity contribution is 0.262. The summed E-state index contributed by atoms with van der Waals surface area (Å²) in [5.74, 6) is -0.325. The largest absolute Gasteiger partial charge is 0.357 e. The third kappa shape index (κ3) is 5.81. The van der Waals surface area contributed by atoms with E-state index < -0.39 is 17.7 Å². The first-order chi connectivity index (χ1) is 20.5. The highest BCUT2D eigenvalue weighted by Crippen LogP contribution is 2.30. The van der Waals surface area contributed by atoms with E-state index in [4.69, 9.17) is 0 Å². The highest BCUT2D eigenvalue weighted by Gasteiger charge is 2.20. The Balaban J connectivity index is 1.52. The molecule has 0 radical (unpaired) electrons. The molecule has 10 nitrogen and oxygen atoms in total. The third-order valence-electron chi connectivity index (χ3n) is 7.00. The van der Waals surface area contributed by atoms with Crippen LogP contribution in [0.1, 0.15) is 50.9 Å². The number of hydrogen-bond donors (Lipinski definition) is 3. The molecule has 3 heterocycles. The average molecular weight is 587 g/mol. The van der Waals surface area contributed by atoms with Crippen molar-refractivity contribution < 1.29 is 13.6 Å². The molecule has 0 fully saturated rings. The molecule has 0 aliphatic carbocycles. The van der Waals surface area contributed by atoms with Crippen LogP contribution < -0.4 is 21.5 Å². The lowest BCUT2D eigenvalue weighted by Crippen LogP contribution is -2.25. The Morgan fingerprint density at radius 1 is 0.953 bits per heavy atom. The van der Waals surface area contributed by atoms with Crippen molar-refractivity contribution in [1.29, 1.82) is 0 Å². The molecule has 0 saturated heterocycles. The van der Waals surface area contributed by atoms with Gasteiger partial charge in [-0.2, -0.15) is 10.1 Å². The lowest BCUT2D eigenvalue weighted by atomic mass is 9.99. The number of fused-ring (bicyclic) bond motifs is 1. The fourth-order valence-corrected chi connectivity index (χ4v) is 4.79. The van der Waals surface area contributed by atoms with Crippen LogP contribution in [0, 0.1) is 18.6 Å². The maximum absolute atomic E-state index is 15.2. The van der Waals surface area contributed by atoms with E-state index in [0.29, 0.717) is 50.9 Å². The zero-order chi connectivity index (χ0) is 31.0. The van der Waals surface area contributed by atoms with E-state index in [1.807, 2.05) is 27.7 Å². The second-order valence-electron chi connectivity index (χ2n) is 10.8.